The number of thiazole rings is 1. The van der Waals surface area contributed by atoms with Crippen molar-refractivity contribution in [2.24, 2.45) is 0 Å². The van der Waals surface area contributed by atoms with Gasteiger partial charge in [-0.25, -0.2) is 4.98 Å². The minimum absolute atomic E-state index is 0.282. The third kappa shape index (κ3) is 2.67. The molecule has 3 aromatic rings. The lowest BCUT2D eigenvalue weighted by atomic mass is 10.2. The summed E-state index contributed by atoms with van der Waals surface area (Å²) in [6.45, 7) is 0.282. The van der Waals surface area contributed by atoms with Crippen LogP contribution in [-0.2, 0) is 0 Å². The lowest BCUT2D eigenvalue weighted by Crippen LogP contribution is -1.93. The van der Waals surface area contributed by atoms with Crippen molar-refractivity contribution in [3.63, 3.8) is 0 Å². The maximum Gasteiger partial charge on any atom is 0.231 e. The van der Waals surface area contributed by atoms with Gasteiger partial charge >= 0.3 is 0 Å². The molecule has 0 unspecified atom stereocenters. The van der Waals surface area contributed by atoms with E-state index in [0.29, 0.717) is 0 Å². The molecule has 22 heavy (non-hydrogen) atoms. The van der Waals surface area contributed by atoms with Gasteiger partial charge in [0.05, 0.1) is 5.69 Å². The fourth-order valence-electron chi connectivity index (χ4n) is 2.18. The second-order valence-electron chi connectivity index (χ2n) is 4.74. The van der Waals surface area contributed by atoms with E-state index in [2.05, 4.69) is 26.2 Å². The van der Waals surface area contributed by atoms with Gasteiger partial charge in [-0.15, -0.1) is 11.3 Å². The minimum atomic E-state index is 0.282. The van der Waals surface area contributed by atoms with Crippen LogP contribution in [0.15, 0.2) is 52.3 Å². The summed E-state index contributed by atoms with van der Waals surface area (Å²) < 4.78 is 11.7. The summed E-state index contributed by atoms with van der Waals surface area (Å²) in [5, 5.41) is 6.18. The number of hydrogen-bond donors (Lipinski definition) is 1. The maximum absolute atomic E-state index is 5.38. The molecule has 0 fully saturated rings. The molecule has 0 atom stereocenters. The van der Waals surface area contributed by atoms with E-state index in [1.54, 1.807) is 11.3 Å². The third-order valence-electron chi connectivity index (χ3n) is 3.27. The first-order valence-electron chi connectivity index (χ1n) is 6.66. The number of benzene rings is 2. The highest BCUT2D eigenvalue weighted by atomic mass is 79.9. The highest BCUT2D eigenvalue weighted by molar-refractivity contribution is 9.10. The predicted octanol–water partition coefficient (Wildman–Crippen LogP) is 5.04. The molecular formula is C16H11BrN2O2S. The highest BCUT2D eigenvalue weighted by Crippen LogP contribution is 2.36. The Labute approximate surface area is 139 Å². The predicted molar refractivity (Wildman–Crippen MR) is 91.1 cm³/mol. The van der Waals surface area contributed by atoms with Crippen molar-refractivity contribution >= 4 is 38.1 Å². The molecule has 2 aromatic carbocycles. The normalized spacial score (nSPS) is 12.4. The van der Waals surface area contributed by atoms with Crippen LogP contribution in [0.4, 0.5) is 10.8 Å². The van der Waals surface area contributed by atoms with Crippen LogP contribution in [0.5, 0.6) is 11.5 Å². The number of fused-ring (bicyclic) bond motifs is 1. The van der Waals surface area contributed by atoms with Crippen molar-refractivity contribution in [2.75, 3.05) is 12.1 Å². The Morgan fingerprint density at radius 1 is 1.05 bits per heavy atom. The van der Waals surface area contributed by atoms with Crippen LogP contribution >= 0.6 is 27.3 Å². The molecule has 1 aliphatic rings. The SMILES string of the molecule is Brc1ccc(-c2csc(Nc3ccc4c(c3)OCO4)n2)cc1. The minimum Gasteiger partial charge on any atom is -0.454 e. The number of nitrogens with zero attached hydrogens (tertiary/aromatic N) is 1. The lowest BCUT2D eigenvalue weighted by Gasteiger charge is -2.03. The summed E-state index contributed by atoms with van der Waals surface area (Å²) in [4.78, 5) is 4.62. The Balaban J connectivity index is 1.55. The van der Waals surface area contributed by atoms with Gasteiger partial charge in [0.25, 0.3) is 0 Å². The van der Waals surface area contributed by atoms with E-state index >= 15 is 0 Å². The number of anilines is 2. The first-order chi connectivity index (χ1) is 10.8. The van der Waals surface area contributed by atoms with E-state index < -0.39 is 0 Å². The molecule has 0 radical (unpaired) electrons. The standard InChI is InChI=1S/C16H11BrN2O2S/c17-11-3-1-10(2-4-11)13-8-22-16(19-13)18-12-5-6-14-15(7-12)21-9-20-14/h1-8H,9H2,(H,18,19). The molecule has 110 valence electrons. The van der Waals surface area contributed by atoms with Gasteiger partial charge in [-0.2, -0.15) is 0 Å². The summed E-state index contributed by atoms with van der Waals surface area (Å²) in [5.74, 6) is 1.54. The number of aromatic nitrogens is 1. The fourth-order valence-corrected chi connectivity index (χ4v) is 3.19. The molecule has 0 saturated heterocycles. The zero-order chi connectivity index (χ0) is 14.9. The summed E-state index contributed by atoms with van der Waals surface area (Å²) in [6.07, 6.45) is 0. The number of rotatable bonds is 3. The van der Waals surface area contributed by atoms with Gasteiger partial charge in [0, 0.05) is 27.2 Å². The van der Waals surface area contributed by atoms with Crippen LogP contribution in [0.3, 0.4) is 0 Å². The molecule has 0 amide bonds. The van der Waals surface area contributed by atoms with Gasteiger partial charge in [0.15, 0.2) is 16.6 Å². The molecule has 0 bridgehead atoms. The van der Waals surface area contributed by atoms with Gasteiger partial charge in [-0.1, -0.05) is 28.1 Å². The summed E-state index contributed by atoms with van der Waals surface area (Å²) in [5.41, 5.74) is 2.99. The largest absolute Gasteiger partial charge is 0.454 e. The van der Waals surface area contributed by atoms with E-state index in [1.165, 1.54) is 0 Å². The Morgan fingerprint density at radius 2 is 1.86 bits per heavy atom. The Morgan fingerprint density at radius 3 is 2.73 bits per heavy atom. The summed E-state index contributed by atoms with van der Waals surface area (Å²) in [6, 6.07) is 13.9. The first kappa shape index (κ1) is 13.6. The average Bonchev–Trinajstić information content (AvgIpc) is 3.17. The van der Waals surface area contributed by atoms with Crippen molar-refractivity contribution in [2.45, 2.75) is 0 Å². The molecule has 4 nitrogen and oxygen atoms in total. The zero-order valence-electron chi connectivity index (χ0n) is 11.4. The molecule has 2 heterocycles. The zero-order valence-corrected chi connectivity index (χ0v) is 13.8. The van der Waals surface area contributed by atoms with Crippen molar-refractivity contribution < 1.29 is 9.47 Å². The molecular weight excluding hydrogens is 364 g/mol. The highest BCUT2D eigenvalue weighted by Gasteiger charge is 2.13. The van der Waals surface area contributed by atoms with Crippen molar-refractivity contribution in [3.05, 3.63) is 52.3 Å². The van der Waals surface area contributed by atoms with E-state index in [4.69, 9.17) is 9.47 Å². The fraction of sp³-hybridized carbons (Fsp3) is 0.0625. The van der Waals surface area contributed by atoms with E-state index in [9.17, 15) is 0 Å². The summed E-state index contributed by atoms with van der Waals surface area (Å²) >= 11 is 5.01. The number of ether oxygens (including phenoxy) is 2. The molecule has 1 N–H and O–H groups in total. The first-order valence-corrected chi connectivity index (χ1v) is 8.33. The van der Waals surface area contributed by atoms with Crippen LogP contribution in [0.25, 0.3) is 11.3 Å². The van der Waals surface area contributed by atoms with Crippen molar-refractivity contribution in [3.8, 4) is 22.8 Å². The average molecular weight is 375 g/mol. The maximum atomic E-state index is 5.38. The second-order valence-corrected chi connectivity index (χ2v) is 6.51. The Hall–Kier alpha value is -2.05. The molecule has 6 heteroatoms. The number of halogens is 1. The second kappa shape index (κ2) is 5.62. The number of hydrogen-bond acceptors (Lipinski definition) is 5. The van der Waals surface area contributed by atoms with Gasteiger partial charge in [-0.05, 0) is 24.3 Å². The van der Waals surface area contributed by atoms with E-state index in [-0.39, 0.29) is 6.79 Å². The van der Waals surface area contributed by atoms with Crippen LogP contribution < -0.4 is 14.8 Å². The monoisotopic (exact) mass is 374 g/mol. The lowest BCUT2D eigenvalue weighted by molar-refractivity contribution is 0.174. The molecule has 0 saturated carbocycles. The van der Waals surface area contributed by atoms with Gasteiger partial charge in [0.2, 0.25) is 6.79 Å². The van der Waals surface area contributed by atoms with Crippen LogP contribution in [0.2, 0.25) is 0 Å². The Bertz CT molecular complexity index is 817. The van der Waals surface area contributed by atoms with E-state index in [1.807, 2.05) is 47.8 Å². The van der Waals surface area contributed by atoms with Crippen molar-refractivity contribution in [1.82, 2.24) is 4.98 Å². The van der Waals surface area contributed by atoms with Gasteiger partial charge < -0.3 is 14.8 Å². The topological polar surface area (TPSA) is 43.4 Å². The Kier molecular flexibility index (Phi) is 3.48. The molecule has 0 spiro atoms. The molecule has 1 aliphatic heterocycles. The van der Waals surface area contributed by atoms with Gasteiger partial charge in [0.1, 0.15) is 0 Å². The molecule has 4 rings (SSSR count). The van der Waals surface area contributed by atoms with Crippen LogP contribution in [0.1, 0.15) is 0 Å². The quantitative estimate of drug-likeness (QED) is 0.696. The van der Waals surface area contributed by atoms with Gasteiger partial charge in [-0.3, -0.25) is 0 Å². The van der Waals surface area contributed by atoms with Crippen LogP contribution in [0, 0.1) is 0 Å². The summed E-state index contributed by atoms with van der Waals surface area (Å²) in [7, 11) is 0. The molecule has 1 aromatic heterocycles. The van der Waals surface area contributed by atoms with E-state index in [0.717, 1.165) is 38.0 Å². The smallest absolute Gasteiger partial charge is 0.231 e. The molecule has 0 aliphatic carbocycles. The third-order valence-corrected chi connectivity index (χ3v) is 4.55. The van der Waals surface area contributed by atoms with Crippen LogP contribution in [-0.4, -0.2) is 11.8 Å². The van der Waals surface area contributed by atoms with Crippen molar-refractivity contribution in [1.29, 1.82) is 0 Å². The number of nitrogens with one attached hydrogen (secondary N) is 1.